The molecule has 0 fully saturated rings. The van der Waals surface area contributed by atoms with E-state index in [-0.39, 0.29) is 0 Å². The van der Waals surface area contributed by atoms with Gasteiger partial charge in [-0.1, -0.05) is 0 Å². The molecule has 1 atom stereocenters. The molecule has 8 rings (SSSR count). The van der Waals surface area contributed by atoms with Crippen LogP contribution in [-0.4, -0.2) is 29.5 Å². The van der Waals surface area contributed by atoms with Crippen molar-refractivity contribution in [1.29, 1.82) is 0 Å². The van der Waals surface area contributed by atoms with Crippen molar-refractivity contribution < 1.29 is 0 Å². The molecule has 1 unspecified atom stereocenters. The molecule has 0 N–H and O–H groups in total. The summed E-state index contributed by atoms with van der Waals surface area (Å²) in [6.07, 6.45) is 4.07. The van der Waals surface area contributed by atoms with E-state index in [4.69, 9.17) is 9.97 Å². The minimum absolute atomic E-state index is 0.942. The molecule has 3 heterocycles. The fourth-order valence-corrected chi connectivity index (χ4v) is 11.1. The molecule has 0 amide bonds. The number of rotatable bonds is 3. The van der Waals surface area contributed by atoms with E-state index in [2.05, 4.69) is 147 Å². The predicted molar refractivity (Wildman–Crippen MR) is 167 cm³/mol. The van der Waals surface area contributed by atoms with Gasteiger partial charge in [0.2, 0.25) is 0 Å². The van der Waals surface area contributed by atoms with Gasteiger partial charge in [0, 0.05) is 0 Å². The molecule has 0 saturated heterocycles. The summed E-state index contributed by atoms with van der Waals surface area (Å²) in [6.45, 7) is 0. The van der Waals surface area contributed by atoms with Crippen LogP contribution in [0, 0.1) is 0 Å². The third-order valence-electron chi connectivity index (χ3n) is 7.70. The van der Waals surface area contributed by atoms with Crippen LogP contribution in [0.4, 0.5) is 0 Å². The van der Waals surface area contributed by atoms with Crippen molar-refractivity contribution in [1.82, 2.24) is 14.4 Å². The molecule has 0 aliphatic carbocycles. The summed E-state index contributed by atoms with van der Waals surface area (Å²) < 4.78 is 2.29. The second-order valence-corrected chi connectivity index (χ2v) is 16.0. The van der Waals surface area contributed by atoms with Crippen LogP contribution in [0.1, 0.15) is 0 Å². The van der Waals surface area contributed by atoms with E-state index in [1.807, 2.05) is 6.20 Å². The normalized spacial score (nSPS) is 13.4. The van der Waals surface area contributed by atoms with Gasteiger partial charge >= 0.3 is 234 Å². The molecular weight excluding hydrogens is 560 g/mol. The molecular formula is C34H22N3PSe. The number of hydrogen-bond donors (Lipinski definition) is 0. The molecule has 5 aromatic carbocycles. The maximum atomic E-state index is 5.13. The Morgan fingerprint density at radius 1 is 0.590 bits per heavy atom. The number of aromatic nitrogens is 3. The monoisotopic (exact) mass is 583 g/mol. The van der Waals surface area contributed by atoms with E-state index < -0.39 is 5.51 Å². The zero-order valence-electron chi connectivity index (χ0n) is 20.9. The molecule has 0 aliphatic heterocycles. The first-order valence-corrected chi connectivity index (χ1v) is 17.0. The Morgan fingerprint density at radius 2 is 1.31 bits per heavy atom. The van der Waals surface area contributed by atoms with Gasteiger partial charge in [0.25, 0.3) is 0 Å². The molecule has 0 bridgehead atoms. The average Bonchev–Trinajstić information content (AvgIpc) is 3.41. The summed E-state index contributed by atoms with van der Waals surface area (Å²) in [5, 5.41) is 9.78. The zero-order valence-corrected chi connectivity index (χ0v) is 23.5. The Morgan fingerprint density at radius 3 is 2.18 bits per heavy atom. The molecule has 184 valence electrons. The number of para-hydroxylation sites is 3. The Kier molecular flexibility index (Phi) is 5.12. The van der Waals surface area contributed by atoms with E-state index >= 15 is 0 Å². The first kappa shape index (κ1) is 22.9. The van der Waals surface area contributed by atoms with Gasteiger partial charge < -0.3 is 0 Å². The van der Waals surface area contributed by atoms with E-state index in [1.165, 1.54) is 37.5 Å². The van der Waals surface area contributed by atoms with E-state index in [0.29, 0.717) is 0 Å². The summed E-state index contributed by atoms with van der Waals surface area (Å²) in [5.41, 5.74) is 1.97. The number of hydrogen-bond acceptors (Lipinski definition) is 2. The predicted octanol–water partition coefficient (Wildman–Crippen LogP) is 6.72. The topological polar surface area (TPSA) is 30.2 Å². The van der Waals surface area contributed by atoms with Crippen molar-refractivity contribution >= 4 is 85.6 Å². The van der Waals surface area contributed by atoms with Gasteiger partial charge in [0.1, 0.15) is 0 Å². The van der Waals surface area contributed by atoms with Crippen molar-refractivity contribution in [3.63, 3.8) is 0 Å². The molecule has 3 nitrogen and oxygen atoms in total. The van der Waals surface area contributed by atoms with Gasteiger partial charge in [-0.3, -0.25) is 0 Å². The number of nitrogens with zero attached hydrogens (tertiary/aromatic N) is 3. The van der Waals surface area contributed by atoms with Crippen molar-refractivity contribution in [2.75, 3.05) is 0 Å². The summed E-state index contributed by atoms with van der Waals surface area (Å²) >= 11 is 3.78. The summed E-state index contributed by atoms with van der Waals surface area (Å²) in [5.74, 6) is 0. The van der Waals surface area contributed by atoms with Gasteiger partial charge in [-0.05, 0) is 0 Å². The van der Waals surface area contributed by atoms with Crippen molar-refractivity contribution in [2.45, 2.75) is 0 Å². The van der Waals surface area contributed by atoms with Crippen LogP contribution in [0.15, 0.2) is 134 Å². The van der Waals surface area contributed by atoms with Crippen LogP contribution >= 0.6 is 5.51 Å². The van der Waals surface area contributed by atoms with Crippen LogP contribution in [0.5, 0.6) is 0 Å². The van der Waals surface area contributed by atoms with Gasteiger partial charge in [-0.15, -0.1) is 0 Å². The second kappa shape index (κ2) is 8.73. The second-order valence-electron chi connectivity index (χ2n) is 9.83. The van der Waals surface area contributed by atoms with Crippen LogP contribution in [0.3, 0.4) is 0 Å². The summed E-state index contributed by atoms with van der Waals surface area (Å²) in [6, 6.07) is 43.4. The number of fused-ring (bicyclic) bond motifs is 9. The molecule has 0 saturated carbocycles. The first-order chi connectivity index (χ1) is 19.2. The number of pyridine rings is 2. The molecule has 3 aromatic heterocycles. The zero-order chi connectivity index (χ0) is 26.0. The SMILES string of the molecule is [Se]=P(c1ccccc1)(c1ccc2ccccc2c1)c1cncc2c1c1ccccc1n1c3ccccc3nc21. The molecule has 39 heavy (non-hydrogen) atoms. The van der Waals surface area contributed by atoms with Crippen molar-refractivity contribution in [3.8, 4) is 0 Å². The quantitative estimate of drug-likeness (QED) is 0.132. The third-order valence-corrected chi connectivity index (χ3v) is 14.6. The fourth-order valence-electron chi connectivity index (χ4n) is 5.91. The fraction of sp³-hybridized carbons (Fsp3) is 0. The minimum atomic E-state index is -2.22. The third kappa shape index (κ3) is 3.33. The van der Waals surface area contributed by atoms with Crippen LogP contribution in [0.25, 0.3) is 49.1 Å². The molecule has 0 aliphatic rings. The van der Waals surface area contributed by atoms with Crippen LogP contribution < -0.4 is 15.9 Å². The van der Waals surface area contributed by atoms with Crippen LogP contribution in [0.2, 0.25) is 0 Å². The van der Waals surface area contributed by atoms with E-state index in [9.17, 15) is 0 Å². The Hall–Kier alpha value is -4.07. The van der Waals surface area contributed by atoms with E-state index in [1.54, 1.807) is 0 Å². The molecule has 8 aromatic rings. The van der Waals surface area contributed by atoms with E-state index in [0.717, 1.165) is 27.6 Å². The first-order valence-electron chi connectivity index (χ1n) is 12.9. The van der Waals surface area contributed by atoms with Gasteiger partial charge in [-0.2, -0.15) is 0 Å². The average molecular weight is 583 g/mol. The van der Waals surface area contributed by atoms with Gasteiger partial charge in [0.15, 0.2) is 0 Å². The molecule has 0 spiro atoms. The Labute approximate surface area is 233 Å². The number of imidazole rings is 1. The molecule has 0 radical (unpaired) electrons. The van der Waals surface area contributed by atoms with Gasteiger partial charge in [-0.25, -0.2) is 0 Å². The summed E-state index contributed by atoms with van der Waals surface area (Å²) in [7, 11) is 0. The standard InChI is InChI=1S/C34H22N3PSe/c39-38(25-12-2-1-3-13-25,26-19-18-23-10-4-5-11-24(23)20-26)32-22-35-21-28-33(32)27-14-6-8-16-30(27)37-31-17-9-7-15-29(31)36-34(28)37/h1-22H. The summed E-state index contributed by atoms with van der Waals surface area (Å²) in [4.78, 5) is 10.0. The number of benzene rings is 5. The van der Waals surface area contributed by atoms with Crippen LogP contribution in [-0.2, 0) is 0 Å². The molecule has 5 heteroatoms. The van der Waals surface area contributed by atoms with Crippen molar-refractivity contribution in [3.05, 3.63) is 134 Å². The Bertz CT molecular complexity index is 2270. The maximum absolute atomic E-state index is 5.13. The Balaban J connectivity index is 1.57. The van der Waals surface area contributed by atoms with Gasteiger partial charge in [0.05, 0.1) is 0 Å². The van der Waals surface area contributed by atoms with Crippen molar-refractivity contribution in [2.24, 2.45) is 0 Å².